The molecule has 1 saturated heterocycles. The summed E-state index contributed by atoms with van der Waals surface area (Å²) in [6.07, 6.45) is 2.16. The van der Waals surface area contributed by atoms with Gasteiger partial charge in [0.2, 0.25) is 0 Å². The van der Waals surface area contributed by atoms with Gasteiger partial charge in [0.15, 0.2) is 0 Å². The van der Waals surface area contributed by atoms with Crippen LogP contribution in [-0.4, -0.2) is 44.4 Å². The molecule has 8 heteroatoms. The third kappa shape index (κ3) is 3.41. The standard InChI is InChI=1S/C20H21ClN4O3/c1-11-12(2)19-15(8-14(11)7-13-3-4-18(21)22-9-13)20(27)25(24-23-19)16-10-28-6-5-17(16)26/h3-4,8-9,16-17,26H,5-7,10H2,1-2H3/t16-,17-/m0/s1. The highest BCUT2D eigenvalue weighted by atomic mass is 35.5. The second-order valence-corrected chi connectivity index (χ2v) is 7.57. The molecule has 0 radical (unpaired) electrons. The van der Waals surface area contributed by atoms with E-state index >= 15 is 0 Å². The number of nitrogens with zero attached hydrogens (tertiary/aromatic N) is 4. The molecule has 4 rings (SSSR count). The lowest BCUT2D eigenvalue weighted by Gasteiger charge is -2.27. The Morgan fingerprint density at radius 2 is 2.14 bits per heavy atom. The number of halogens is 1. The largest absolute Gasteiger partial charge is 0.391 e. The zero-order chi connectivity index (χ0) is 19.8. The highest BCUT2D eigenvalue weighted by Crippen LogP contribution is 2.25. The Bertz CT molecular complexity index is 1080. The van der Waals surface area contributed by atoms with Crippen LogP contribution < -0.4 is 5.56 Å². The summed E-state index contributed by atoms with van der Waals surface area (Å²) in [5, 5.41) is 19.6. The van der Waals surface area contributed by atoms with Crippen molar-refractivity contribution in [3.8, 4) is 0 Å². The fourth-order valence-corrected chi connectivity index (χ4v) is 3.71. The number of hydrogen-bond acceptors (Lipinski definition) is 6. The van der Waals surface area contributed by atoms with Gasteiger partial charge in [-0.1, -0.05) is 22.9 Å². The quantitative estimate of drug-likeness (QED) is 0.679. The van der Waals surface area contributed by atoms with E-state index in [2.05, 4.69) is 15.3 Å². The van der Waals surface area contributed by atoms with Gasteiger partial charge in [-0.3, -0.25) is 4.79 Å². The number of aromatic nitrogens is 4. The van der Waals surface area contributed by atoms with Gasteiger partial charge >= 0.3 is 0 Å². The summed E-state index contributed by atoms with van der Waals surface area (Å²) in [4.78, 5) is 17.3. The fraction of sp³-hybridized carbons (Fsp3) is 0.400. The molecule has 0 bridgehead atoms. The van der Waals surface area contributed by atoms with Crippen molar-refractivity contribution in [2.75, 3.05) is 13.2 Å². The molecule has 146 valence electrons. The Morgan fingerprint density at radius 3 is 2.86 bits per heavy atom. The molecule has 3 aromatic rings. The normalized spacial score (nSPS) is 19.9. The van der Waals surface area contributed by atoms with Gasteiger partial charge in [-0.05, 0) is 61.1 Å². The van der Waals surface area contributed by atoms with E-state index in [0.29, 0.717) is 35.5 Å². The first-order chi connectivity index (χ1) is 13.5. The Morgan fingerprint density at radius 1 is 1.32 bits per heavy atom. The Labute approximate surface area is 166 Å². The molecule has 0 saturated carbocycles. The van der Waals surface area contributed by atoms with Gasteiger partial charge in [-0.15, -0.1) is 5.10 Å². The number of fused-ring (bicyclic) bond motifs is 1. The number of ether oxygens (including phenoxy) is 1. The predicted molar refractivity (Wildman–Crippen MR) is 106 cm³/mol. The fourth-order valence-electron chi connectivity index (χ4n) is 3.60. The highest BCUT2D eigenvalue weighted by molar-refractivity contribution is 6.29. The maximum atomic E-state index is 13.2. The summed E-state index contributed by atoms with van der Waals surface area (Å²) in [7, 11) is 0. The average molecular weight is 401 g/mol. The number of aliphatic hydroxyl groups is 1. The van der Waals surface area contributed by atoms with Gasteiger partial charge in [0.05, 0.1) is 18.1 Å². The van der Waals surface area contributed by atoms with Crippen LogP contribution in [0.5, 0.6) is 0 Å². The van der Waals surface area contributed by atoms with E-state index in [4.69, 9.17) is 16.3 Å². The minimum atomic E-state index is -0.677. The second-order valence-electron chi connectivity index (χ2n) is 7.19. The predicted octanol–water partition coefficient (Wildman–Crippen LogP) is 2.37. The van der Waals surface area contributed by atoms with Gasteiger partial charge in [0.1, 0.15) is 16.7 Å². The third-order valence-electron chi connectivity index (χ3n) is 5.44. The van der Waals surface area contributed by atoms with E-state index in [0.717, 1.165) is 22.3 Å². The summed E-state index contributed by atoms with van der Waals surface area (Å²) >= 11 is 5.87. The van der Waals surface area contributed by atoms with Crippen molar-refractivity contribution in [3.63, 3.8) is 0 Å². The van der Waals surface area contributed by atoms with Crippen molar-refractivity contribution in [2.24, 2.45) is 0 Å². The number of hydrogen-bond donors (Lipinski definition) is 1. The van der Waals surface area contributed by atoms with E-state index in [1.54, 1.807) is 12.3 Å². The monoisotopic (exact) mass is 400 g/mol. The van der Waals surface area contributed by atoms with Crippen molar-refractivity contribution in [1.82, 2.24) is 20.0 Å². The SMILES string of the molecule is Cc1c(Cc2ccc(Cl)nc2)cc2c(=O)n([C@H]3COCC[C@@H]3O)nnc2c1C. The van der Waals surface area contributed by atoms with Crippen LogP contribution in [0.2, 0.25) is 5.15 Å². The molecule has 28 heavy (non-hydrogen) atoms. The zero-order valence-electron chi connectivity index (χ0n) is 15.7. The Hall–Kier alpha value is -2.35. The lowest BCUT2D eigenvalue weighted by molar-refractivity contribution is -0.0352. The Balaban J connectivity index is 1.81. The number of rotatable bonds is 3. The van der Waals surface area contributed by atoms with Crippen LogP contribution >= 0.6 is 11.6 Å². The van der Waals surface area contributed by atoms with Gasteiger partial charge in [0.25, 0.3) is 5.56 Å². The number of benzene rings is 1. The van der Waals surface area contributed by atoms with Crippen LogP contribution in [0.25, 0.3) is 10.9 Å². The molecule has 2 atom stereocenters. The summed E-state index contributed by atoms with van der Waals surface area (Å²) < 4.78 is 6.68. The molecule has 2 aromatic heterocycles. The molecular weight excluding hydrogens is 380 g/mol. The lowest BCUT2D eigenvalue weighted by Crippen LogP contribution is -2.41. The molecule has 7 nitrogen and oxygen atoms in total. The van der Waals surface area contributed by atoms with E-state index in [9.17, 15) is 9.90 Å². The van der Waals surface area contributed by atoms with Crippen molar-refractivity contribution in [1.29, 1.82) is 0 Å². The van der Waals surface area contributed by atoms with Crippen LogP contribution in [0, 0.1) is 13.8 Å². The first-order valence-electron chi connectivity index (χ1n) is 9.20. The molecule has 0 unspecified atom stereocenters. The molecule has 1 aromatic carbocycles. The molecule has 0 amide bonds. The molecule has 0 spiro atoms. The molecule has 1 fully saturated rings. The van der Waals surface area contributed by atoms with Crippen molar-refractivity contribution in [3.05, 3.63) is 62.2 Å². The van der Waals surface area contributed by atoms with Crippen molar-refractivity contribution >= 4 is 22.5 Å². The zero-order valence-corrected chi connectivity index (χ0v) is 16.5. The molecule has 1 aliphatic rings. The molecule has 3 heterocycles. The maximum Gasteiger partial charge on any atom is 0.278 e. The molecular formula is C20H21ClN4O3. The topological polar surface area (TPSA) is 90.1 Å². The summed E-state index contributed by atoms with van der Waals surface area (Å²) in [5.74, 6) is 0. The van der Waals surface area contributed by atoms with Gasteiger partial charge in [-0.25, -0.2) is 9.67 Å². The summed E-state index contributed by atoms with van der Waals surface area (Å²) in [6.45, 7) is 4.68. The average Bonchev–Trinajstić information content (AvgIpc) is 2.69. The minimum Gasteiger partial charge on any atom is -0.391 e. The van der Waals surface area contributed by atoms with Crippen LogP contribution in [-0.2, 0) is 11.2 Å². The minimum absolute atomic E-state index is 0.245. The smallest absolute Gasteiger partial charge is 0.278 e. The van der Waals surface area contributed by atoms with Crippen molar-refractivity contribution in [2.45, 2.75) is 38.8 Å². The molecule has 1 N–H and O–H groups in total. The first-order valence-corrected chi connectivity index (χ1v) is 9.58. The number of pyridine rings is 1. The highest BCUT2D eigenvalue weighted by Gasteiger charge is 2.28. The van der Waals surface area contributed by atoms with Gasteiger partial charge < -0.3 is 9.84 Å². The number of aliphatic hydroxyl groups excluding tert-OH is 1. The van der Waals surface area contributed by atoms with Crippen LogP contribution in [0.1, 0.15) is 34.7 Å². The number of aryl methyl sites for hydroxylation is 1. The van der Waals surface area contributed by atoms with E-state index < -0.39 is 12.1 Å². The van der Waals surface area contributed by atoms with Gasteiger partial charge in [-0.2, -0.15) is 0 Å². The van der Waals surface area contributed by atoms with E-state index in [1.165, 1.54) is 4.68 Å². The summed E-state index contributed by atoms with van der Waals surface area (Å²) in [6, 6.07) is 5.02. The second kappa shape index (κ2) is 7.58. The van der Waals surface area contributed by atoms with Crippen molar-refractivity contribution < 1.29 is 9.84 Å². The van der Waals surface area contributed by atoms with Gasteiger partial charge in [0, 0.05) is 12.8 Å². The Kier molecular flexibility index (Phi) is 5.14. The first kappa shape index (κ1) is 19.0. The molecule has 1 aliphatic heterocycles. The molecule has 0 aliphatic carbocycles. The summed E-state index contributed by atoms with van der Waals surface area (Å²) in [5.41, 5.74) is 4.33. The van der Waals surface area contributed by atoms with E-state index in [-0.39, 0.29) is 12.2 Å². The van der Waals surface area contributed by atoms with Crippen LogP contribution in [0.4, 0.5) is 0 Å². The third-order valence-corrected chi connectivity index (χ3v) is 5.66. The maximum absolute atomic E-state index is 13.2. The van der Waals surface area contributed by atoms with Crippen LogP contribution in [0.3, 0.4) is 0 Å². The lowest BCUT2D eigenvalue weighted by atomic mass is 9.95. The van der Waals surface area contributed by atoms with E-state index in [1.807, 2.05) is 26.0 Å². The van der Waals surface area contributed by atoms with Crippen LogP contribution in [0.15, 0.2) is 29.2 Å².